The number of thiazole rings is 1. The first-order valence-corrected chi connectivity index (χ1v) is 9.11. The van der Waals surface area contributed by atoms with Crippen molar-refractivity contribution in [3.05, 3.63) is 40.7 Å². The largest absolute Gasteiger partial charge is 0.471 e. The topological polar surface area (TPSA) is 38.2 Å². The summed E-state index contributed by atoms with van der Waals surface area (Å²) in [5, 5.41) is 3.18. The van der Waals surface area contributed by atoms with Gasteiger partial charge < -0.3 is 4.74 Å². The minimum Gasteiger partial charge on any atom is -0.471 e. The van der Waals surface area contributed by atoms with Crippen LogP contribution in [0.15, 0.2) is 29.9 Å². The van der Waals surface area contributed by atoms with Gasteiger partial charge in [-0.25, -0.2) is 14.4 Å². The second kappa shape index (κ2) is 5.79. The lowest BCUT2D eigenvalue weighted by molar-refractivity contribution is 0.0895. The zero-order chi connectivity index (χ0) is 15.0. The van der Waals surface area contributed by atoms with Crippen molar-refractivity contribution in [1.29, 1.82) is 0 Å². The maximum absolute atomic E-state index is 13.6. The van der Waals surface area contributed by atoms with Gasteiger partial charge >= 0.3 is 0 Å². The quantitative estimate of drug-likeness (QED) is 0.858. The van der Waals surface area contributed by atoms with Crippen molar-refractivity contribution < 1.29 is 9.13 Å². The van der Waals surface area contributed by atoms with E-state index in [0.717, 1.165) is 31.8 Å². The van der Waals surface area contributed by atoms with E-state index in [9.17, 15) is 4.39 Å². The molecule has 0 N–H and O–H groups in total. The number of halogens is 1. The zero-order valence-corrected chi connectivity index (χ0v) is 13.6. The summed E-state index contributed by atoms with van der Waals surface area (Å²) in [5.74, 6) is 0.651. The number of hydrogen-bond acceptors (Lipinski definition) is 6. The third kappa shape index (κ3) is 2.85. The van der Waals surface area contributed by atoms with Gasteiger partial charge in [0, 0.05) is 47.8 Å². The standard InChI is InChI=1S/C15H16FN3OS2/c16-12-2-1-3-18-14(12)20-11-6-15(22-8-11)9-19(10-15)7-13-17-4-5-21-13/h1-5,11H,6-10H2/t11-/m1/s1. The first kappa shape index (κ1) is 14.4. The fourth-order valence-electron chi connectivity index (χ4n) is 3.12. The van der Waals surface area contributed by atoms with E-state index in [1.54, 1.807) is 23.6 Å². The number of thioether (sulfide) groups is 1. The van der Waals surface area contributed by atoms with Gasteiger partial charge in [0.1, 0.15) is 11.1 Å². The predicted molar refractivity (Wildman–Crippen MR) is 85.8 cm³/mol. The molecule has 0 aliphatic carbocycles. The Hall–Kier alpha value is -1.18. The van der Waals surface area contributed by atoms with Crippen molar-refractivity contribution in [3.8, 4) is 5.88 Å². The normalized spacial score (nSPS) is 23.6. The highest BCUT2D eigenvalue weighted by atomic mass is 32.2. The van der Waals surface area contributed by atoms with Crippen molar-refractivity contribution in [2.45, 2.75) is 23.8 Å². The molecule has 4 nitrogen and oxygen atoms in total. The minimum absolute atomic E-state index is 0.0522. The Morgan fingerprint density at radius 1 is 1.36 bits per heavy atom. The van der Waals surface area contributed by atoms with Crippen LogP contribution in [0.25, 0.3) is 0 Å². The third-order valence-corrected chi connectivity index (χ3v) is 6.38. The average molecular weight is 337 g/mol. The highest BCUT2D eigenvalue weighted by Gasteiger charge is 2.49. The fraction of sp³-hybridized carbons (Fsp3) is 0.467. The molecule has 4 rings (SSSR count). The van der Waals surface area contributed by atoms with Crippen LogP contribution in [0.1, 0.15) is 11.4 Å². The summed E-state index contributed by atoms with van der Waals surface area (Å²) < 4.78 is 19.6. The molecule has 2 aliphatic heterocycles. The molecule has 0 amide bonds. The number of aromatic nitrogens is 2. The molecule has 116 valence electrons. The van der Waals surface area contributed by atoms with Gasteiger partial charge in [-0.2, -0.15) is 0 Å². The van der Waals surface area contributed by atoms with Crippen LogP contribution in [-0.4, -0.2) is 44.6 Å². The van der Waals surface area contributed by atoms with Crippen LogP contribution in [0.3, 0.4) is 0 Å². The van der Waals surface area contributed by atoms with Crippen molar-refractivity contribution in [3.63, 3.8) is 0 Å². The zero-order valence-electron chi connectivity index (χ0n) is 11.9. The molecule has 0 saturated carbocycles. The molecule has 0 aromatic carbocycles. The van der Waals surface area contributed by atoms with Crippen molar-refractivity contribution in [2.75, 3.05) is 18.8 Å². The fourth-order valence-corrected chi connectivity index (χ4v) is 5.35. The van der Waals surface area contributed by atoms with Crippen LogP contribution in [0.5, 0.6) is 5.88 Å². The summed E-state index contributed by atoms with van der Waals surface area (Å²) >= 11 is 3.65. The van der Waals surface area contributed by atoms with Gasteiger partial charge in [0.25, 0.3) is 5.88 Å². The van der Waals surface area contributed by atoms with E-state index in [-0.39, 0.29) is 22.5 Å². The molecule has 2 saturated heterocycles. The van der Waals surface area contributed by atoms with E-state index in [1.807, 2.05) is 23.3 Å². The van der Waals surface area contributed by atoms with Crippen molar-refractivity contribution in [2.24, 2.45) is 0 Å². The molecule has 0 unspecified atom stereocenters. The minimum atomic E-state index is -0.382. The monoisotopic (exact) mass is 337 g/mol. The smallest absolute Gasteiger partial charge is 0.250 e. The molecule has 22 heavy (non-hydrogen) atoms. The number of pyridine rings is 1. The average Bonchev–Trinajstić information content (AvgIpc) is 3.11. The summed E-state index contributed by atoms with van der Waals surface area (Å²) in [7, 11) is 0. The molecule has 4 heterocycles. The number of likely N-dealkylation sites (tertiary alicyclic amines) is 1. The Morgan fingerprint density at radius 3 is 3.05 bits per heavy atom. The SMILES string of the molecule is Fc1cccnc1O[C@H]1CSC2(C1)CN(Cc1nccs1)C2. The molecule has 7 heteroatoms. The summed E-state index contributed by atoms with van der Waals surface area (Å²) in [4.78, 5) is 10.7. The molecule has 0 bridgehead atoms. The second-order valence-electron chi connectivity index (χ2n) is 5.80. The molecule has 2 aromatic rings. The van der Waals surface area contributed by atoms with E-state index >= 15 is 0 Å². The van der Waals surface area contributed by atoms with Crippen LogP contribution < -0.4 is 4.74 Å². The van der Waals surface area contributed by atoms with Crippen LogP contribution in [0.2, 0.25) is 0 Å². The van der Waals surface area contributed by atoms with Gasteiger partial charge in [0.2, 0.25) is 0 Å². The molecular formula is C15H16FN3OS2. The molecule has 1 atom stereocenters. The summed E-state index contributed by atoms with van der Waals surface area (Å²) in [6.45, 7) is 3.05. The maximum Gasteiger partial charge on any atom is 0.250 e. The number of hydrogen-bond donors (Lipinski definition) is 0. The third-order valence-electron chi connectivity index (χ3n) is 4.04. The van der Waals surface area contributed by atoms with Gasteiger partial charge in [-0.15, -0.1) is 23.1 Å². The maximum atomic E-state index is 13.6. The van der Waals surface area contributed by atoms with Crippen LogP contribution in [-0.2, 0) is 6.54 Å². The van der Waals surface area contributed by atoms with Gasteiger partial charge in [-0.05, 0) is 12.1 Å². The Kier molecular flexibility index (Phi) is 3.79. The predicted octanol–water partition coefficient (Wildman–Crippen LogP) is 2.82. The van der Waals surface area contributed by atoms with Gasteiger partial charge in [-0.1, -0.05) is 0 Å². The lowest BCUT2D eigenvalue weighted by Gasteiger charge is -2.47. The molecule has 0 radical (unpaired) electrons. The van der Waals surface area contributed by atoms with E-state index in [2.05, 4.69) is 14.9 Å². The number of nitrogens with zero attached hydrogens (tertiary/aromatic N) is 3. The van der Waals surface area contributed by atoms with Crippen LogP contribution >= 0.6 is 23.1 Å². The highest BCUT2D eigenvalue weighted by Crippen LogP contribution is 2.46. The van der Waals surface area contributed by atoms with Gasteiger partial charge in [0.05, 0.1) is 6.54 Å². The number of rotatable bonds is 4. The van der Waals surface area contributed by atoms with E-state index in [4.69, 9.17) is 4.74 Å². The summed E-state index contributed by atoms with van der Waals surface area (Å²) in [6, 6.07) is 2.97. The Balaban J connectivity index is 1.31. The second-order valence-corrected chi connectivity index (χ2v) is 8.27. The van der Waals surface area contributed by atoms with E-state index < -0.39 is 0 Å². The van der Waals surface area contributed by atoms with Gasteiger partial charge in [-0.3, -0.25) is 4.90 Å². The summed E-state index contributed by atoms with van der Waals surface area (Å²) in [6.07, 6.45) is 4.43. The Labute approximate surface area is 136 Å². The summed E-state index contributed by atoms with van der Waals surface area (Å²) in [5.41, 5.74) is 0. The lowest BCUT2D eigenvalue weighted by Crippen LogP contribution is -2.58. The van der Waals surface area contributed by atoms with Crippen LogP contribution in [0.4, 0.5) is 4.39 Å². The highest BCUT2D eigenvalue weighted by molar-refractivity contribution is 8.01. The van der Waals surface area contributed by atoms with Crippen molar-refractivity contribution >= 4 is 23.1 Å². The van der Waals surface area contributed by atoms with E-state index in [1.165, 1.54) is 11.1 Å². The molecule has 2 fully saturated rings. The molecule has 2 aliphatic rings. The Morgan fingerprint density at radius 2 is 2.27 bits per heavy atom. The molecule has 1 spiro atoms. The number of ether oxygens (including phenoxy) is 1. The first-order chi connectivity index (χ1) is 10.7. The van der Waals surface area contributed by atoms with E-state index in [0.29, 0.717) is 0 Å². The van der Waals surface area contributed by atoms with Crippen molar-refractivity contribution in [1.82, 2.24) is 14.9 Å². The van der Waals surface area contributed by atoms with Crippen LogP contribution in [0, 0.1) is 5.82 Å². The lowest BCUT2D eigenvalue weighted by atomic mass is 9.93. The van der Waals surface area contributed by atoms with Gasteiger partial charge in [0.15, 0.2) is 5.82 Å². The first-order valence-electron chi connectivity index (χ1n) is 7.24. The molecule has 2 aromatic heterocycles. The Bertz CT molecular complexity index is 646. The molecular weight excluding hydrogens is 321 g/mol.